The van der Waals surface area contributed by atoms with Crippen LogP contribution in [-0.4, -0.2) is 17.8 Å². The summed E-state index contributed by atoms with van der Waals surface area (Å²) in [4.78, 5) is 11.8. The normalized spacial score (nSPS) is 15.1. The molecule has 0 spiro atoms. The van der Waals surface area contributed by atoms with Crippen molar-refractivity contribution >= 4 is 17.5 Å². The standard InChI is InChI=1S/C11H22ClNO/c1-8(10(2,3)4)13-9(14)11(5,6)7-12/h8H,7H2,1-6H3,(H,13,14). The molecule has 3 heteroatoms. The molecule has 0 heterocycles. The largest absolute Gasteiger partial charge is 0.353 e. The zero-order valence-electron chi connectivity index (χ0n) is 10.1. The molecule has 84 valence electrons. The summed E-state index contributed by atoms with van der Waals surface area (Å²) in [5.74, 6) is 0.366. The number of amides is 1. The summed E-state index contributed by atoms with van der Waals surface area (Å²) in [6, 6.07) is 0.150. The molecule has 1 unspecified atom stereocenters. The maximum atomic E-state index is 11.8. The minimum atomic E-state index is -0.485. The van der Waals surface area contributed by atoms with Crippen LogP contribution in [0.15, 0.2) is 0 Å². The minimum Gasteiger partial charge on any atom is -0.353 e. The molecular formula is C11H22ClNO. The Morgan fingerprint density at radius 1 is 1.29 bits per heavy atom. The van der Waals surface area contributed by atoms with Crippen LogP contribution in [0.4, 0.5) is 0 Å². The van der Waals surface area contributed by atoms with E-state index in [0.717, 1.165) is 0 Å². The molecule has 0 aliphatic heterocycles. The summed E-state index contributed by atoms with van der Waals surface area (Å²) in [6.45, 7) is 12.0. The lowest BCUT2D eigenvalue weighted by molar-refractivity contribution is -0.129. The number of halogens is 1. The zero-order chi connectivity index (χ0) is 11.6. The summed E-state index contributed by atoms with van der Waals surface area (Å²) in [5.41, 5.74) is -0.404. The lowest BCUT2D eigenvalue weighted by Crippen LogP contribution is -2.47. The summed E-state index contributed by atoms with van der Waals surface area (Å²) in [6.07, 6.45) is 0. The first-order valence-electron chi connectivity index (χ1n) is 4.98. The van der Waals surface area contributed by atoms with Crippen molar-refractivity contribution in [3.05, 3.63) is 0 Å². The summed E-state index contributed by atoms with van der Waals surface area (Å²) >= 11 is 5.72. The van der Waals surface area contributed by atoms with Gasteiger partial charge >= 0.3 is 0 Å². The van der Waals surface area contributed by atoms with Crippen molar-refractivity contribution in [1.29, 1.82) is 0 Å². The Hall–Kier alpha value is -0.240. The number of carbonyl (C=O) groups excluding carboxylic acids is 1. The Balaban J connectivity index is 4.35. The van der Waals surface area contributed by atoms with E-state index in [-0.39, 0.29) is 17.4 Å². The van der Waals surface area contributed by atoms with Crippen LogP contribution in [0.3, 0.4) is 0 Å². The zero-order valence-corrected chi connectivity index (χ0v) is 10.8. The number of carbonyl (C=O) groups is 1. The molecule has 0 aromatic rings. The number of rotatable bonds is 3. The van der Waals surface area contributed by atoms with Crippen molar-refractivity contribution in [2.45, 2.75) is 47.6 Å². The van der Waals surface area contributed by atoms with Gasteiger partial charge in [0.1, 0.15) is 0 Å². The van der Waals surface area contributed by atoms with Crippen molar-refractivity contribution in [3.8, 4) is 0 Å². The van der Waals surface area contributed by atoms with Gasteiger partial charge in [-0.25, -0.2) is 0 Å². The Morgan fingerprint density at radius 2 is 1.71 bits per heavy atom. The number of nitrogens with one attached hydrogen (secondary N) is 1. The van der Waals surface area contributed by atoms with Crippen molar-refractivity contribution in [1.82, 2.24) is 5.32 Å². The Kier molecular flexibility index (Phi) is 4.44. The van der Waals surface area contributed by atoms with Crippen LogP contribution >= 0.6 is 11.6 Å². The predicted octanol–water partition coefficient (Wildman–Crippen LogP) is 2.80. The van der Waals surface area contributed by atoms with Gasteiger partial charge in [-0.3, -0.25) is 4.79 Å². The van der Waals surface area contributed by atoms with Gasteiger partial charge in [-0.15, -0.1) is 11.6 Å². The third-order valence-corrected chi connectivity index (χ3v) is 3.26. The predicted molar refractivity (Wildman–Crippen MR) is 61.6 cm³/mol. The maximum absolute atomic E-state index is 11.8. The Bertz CT molecular complexity index is 206. The van der Waals surface area contributed by atoms with Gasteiger partial charge in [0, 0.05) is 11.9 Å². The van der Waals surface area contributed by atoms with Gasteiger partial charge in [-0.1, -0.05) is 20.8 Å². The molecule has 0 aromatic carbocycles. The van der Waals surface area contributed by atoms with Gasteiger partial charge in [0.25, 0.3) is 0 Å². The van der Waals surface area contributed by atoms with Gasteiger partial charge in [0.05, 0.1) is 5.41 Å². The first-order valence-corrected chi connectivity index (χ1v) is 5.51. The highest BCUT2D eigenvalue weighted by Crippen LogP contribution is 2.22. The second-order valence-corrected chi connectivity index (χ2v) is 5.85. The van der Waals surface area contributed by atoms with E-state index >= 15 is 0 Å². The molecule has 0 saturated carbocycles. The second-order valence-electron chi connectivity index (χ2n) is 5.58. The summed E-state index contributed by atoms with van der Waals surface area (Å²) in [5, 5.41) is 2.99. The number of alkyl halides is 1. The smallest absolute Gasteiger partial charge is 0.227 e. The number of hydrogen-bond acceptors (Lipinski definition) is 1. The molecule has 0 rings (SSSR count). The summed E-state index contributed by atoms with van der Waals surface area (Å²) in [7, 11) is 0. The Morgan fingerprint density at radius 3 is 2.00 bits per heavy atom. The minimum absolute atomic E-state index is 0.0231. The highest BCUT2D eigenvalue weighted by molar-refractivity contribution is 6.19. The maximum Gasteiger partial charge on any atom is 0.227 e. The second kappa shape index (κ2) is 4.52. The highest BCUT2D eigenvalue weighted by Gasteiger charge is 2.30. The lowest BCUT2D eigenvalue weighted by Gasteiger charge is -2.31. The Labute approximate surface area is 92.4 Å². The van der Waals surface area contributed by atoms with E-state index in [1.54, 1.807) is 0 Å². The van der Waals surface area contributed by atoms with Crippen LogP contribution in [0.1, 0.15) is 41.5 Å². The molecular weight excluding hydrogens is 198 g/mol. The molecule has 0 fully saturated rings. The molecule has 1 amide bonds. The molecule has 0 aromatic heterocycles. The fourth-order valence-electron chi connectivity index (χ4n) is 0.669. The van der Waals surface area contributed by atoms with Gasteiger partial charge in [-0.2, -0.15) is 0 Å². The molecule has 0 aliphatic carbocycles. The third kappa shape index (κ3) is 3.87. The van der Waals surface area contributed by atoms with Crippen LogP contribution in [0, 0.1) is 10.8 Å². The van der Waals surface area contributed by atoms with Crippen LogP contribution < -0.4 is 5.32 Å². The van der Waals surface area contributed by atoms with Crippen LogP contribution in [-0.2, 0) is 4.79 Å². The van der Waals surface area contributed by atoms with E-state index in [2.05, 4.69) is 26.1 Å². The summed E-state index contributed by atoms with van der Waals surface area (Å²) < 4.78 is 0. The molecule has 0 aliphatic rings. The monoisotopic (exact) mass is 219 g/mol. The molecule has 1 N–H and O–H groups in total. The molecule has 0 saturated heterocycles. The number of hydrogen-bond donors (Lipinski definition) is 1. The molecule has 1 atom stereocenters. The van der Waals surface area contributed by atoms with Crippen molar-refractivity contribution in [2.24, 2.45) is 10.8 Å². The topological polar surface area (TPSA) is 29.1 Å². The lowest BCUT2D eigenvalue weighted by atomic mass is 9.86. The van der Waals surface area contributed by atoms with E-state index in [0.29, 0.717) is 5.88 Å². The SMILES string of the molecule is CC(NC(=O)C(C)(C)CCl)C(C)(C)C. The van der Waals surface area contributed by atoms with Crippen molar-refractivity contribution in [3.63, 3.8) is 0 Å². The van der Waals surface area contributed by atoms with Crippen LogP contribution in [0.2, 0.25) is 0 Å². The quantitative estimate of drug-likeness (QED) is 0.727. The molecule has 0 bridgehead atoms. The first-order chi connectivity index (χ1) is 6.11. The van der Waals surface area contributed by atoms with E-state index in [1.165, 1.54) is 0 Å². The van der Waals surface area contributed by atoms with Gasteiger partial charge < -0.3 is 5.32 Å². The average Bonchev–Trinajstić information content (AvgIpc) is 2.02. The van der Waals surface area contributed by atoms with Crippen molar-refractivity contribution in [2.75, 3.05) is 5.88 Å². The van der Waals surface area contributed by atoms with Crippen LogP contribution in [0.5, 0.6) is 0 Å². The van der Waals surface area contributed by atoms with E-state index in [4.69, 9.17) is 11.6 Å². The van der Waals surface area contributed by atoms with E-state index in [1.807, 2.05) is 20.8 Å². The van der Waals surface area contributed by atoms with Gasteiger partial charge in [0.2, 0.25) is 5.91 Å². The van der Waals surface area contributed by atoms with Crippen molar-refractivity contribution < 1.29 is 4.79 Å². The fourth-order valence-corrected chi connectivity index (χ4v) is 0.791. The van der Waals surface area contributed by atoms with E-state index < -0.39 is 5.41 Å². The van der Waals surface area contributed by atoms with Gasteiger partial charge in [0.15, 0.2) is 0 Å². The third-order valence-electron chi connectivity index (χ3n) is 2.60. The van der Waals surface area contributed by atoms with Gasteiger partial charge in [-0.05, 0) is 26.2 Å². The van der Waals surface area contributed by atoms with Crippen LogP contribution in [0.25, 0.3) is 0 Å². The van der Waals surface area contributed by atoms with E-state index in [9.17, 15) is 4.79 Å². The average molecular weight is 220 g/mol. The fraction of sp³-hybridized carbons (Fsp3) is 0.909. The highest BCUT2D eigenvalue weighted by atomic mass is 35.5. The first kappa shape index (κ1) is 13.8. The molecule has 0 radical (unpaired) electrons. The molecule has 2 nitrogen and oxygen atoms in total. The molecule has 14 heavy (non-hydrogen) atoms.